The fraction of sp³-hybridized carbons (Fsp3) is 0.600. The van der Waals surface area contributed by atoms with Crippen LogP contribution in [0, 0.1) is 0 Å². The quantitative estimate of drug-likeness (QED) is 0.424. The molecule has 0 radical (unpaired) electrons. The normalized spacial score (nSPS) is 13.4. The summed E-state index contributed by atoms with van der Waals surface area (Å²) in [6.07, 6.45) is -7.28. The van der Waals surface area contributed by atoms with Crippen LogP contribution in [-0.4, -0.2) is 45.6 Å². The Morgan fingerprint density at radius 2 is 1.07 bits per heavy atom. The molecular formula is C5H6K2O7. The Balaban J connectivity index is -0.000000605. The molecule has 0 aromatic heterocycles. The number of carboxylic acid groups (broad SMARTS) is 2. The van der Waals surface area contributed by atoms with Crippen molar-refractivity contribution in [3.8, 4) is 0 Å². The standard InChI is InChI=1S/C5H8O7.2K/c6-1(2(7)4(9)10)3(8)5(11)12;;/h1-3,6-8H,(H,9,10)(H,11,12);;/q;2*+1/p-2/t2-,3-;;/m0../s1. The van der Waals surface area contributed by atoms with Crippen LogP contribution >= 0.6 is 0 Å². The Bertz CT molecular complexity index is 177. The maximum absolute atomic E-state index is 9.82. The van der Waals surface area contributed by atoms with Gasteiger partial charge >= 0.3 is 103 Å². The molecule has 0 aromatic rings. The third-order valence-electron chi connectivity index (χ3n) is 1.13. The van der Waals surface area contributed by atoms with Crippen LogP contribution in [0.1, 0.15) is 0 Å². The third-order valence-corrected chi connectivity index (χ3v) is 1.13. The number of hydrogen-bond acceptors (Lipinski definition) is 7. The molecule has 0 saturated carbocycles. The monoisotopic (exact) mass is 256 g/mol. The number of carboxylic acids is 2. The summed E-state index contributed by atoms with van der Waals surface area (Å²) in [5, 5.41) is 45.1. The molecule has 70 valence electrons. The second-order valence-corrected chi connectivity index (χ2v) is 2.02. The van der Waals surface area contributed by atoms with Crippen molar-refractivity contribution in [2.45, 2.75) is 18.3 Å². The fourth-order valence-electron chi connectivity index (χ4n) is 0.452. The molecule has 0 amide bonds. The van der Waals surface area contributed by atoms with E-state index in [1.54, 1.807) is 0 Å². The molecular weight excluding hydrogens is 250 g/mol. The van der Waals surface area contributed by atoms with Gasteiger partial charge in [-0.05, 0) is 0 Å². The van der Waals surface area contributed by atoms with Gasteiger partial charge < -0.3 is 35.1 Å². The van der Waals surface area contributed by atoms with Crippen molar-refractivity contribution >= 4 is 11.9 Å². The van der Waals surface area contributed by atoms with Crippen molar-refractivity contribution in [2.75, 3.05) is 0 Å². The van der Waals surface area contributed by atoms with Crippen LogP contribution in [0.3, 0.4) is 0 Å². The van der Waals surface area contributed by atoms with Crippen LogP contribution in [-0.2, 0) is 9.59 Å². The van der Waals surface area contributed by atoms with Crippen molar-refractivity contribution in [2.24, 2.45) is 0 Å². The maximum Gasteiger partial charge on any atom is 1.00 e. The second kappa shape index (κ2) is 10.3. The summed E-state index contributed by atoms with van der Waals surface area (Å²) in [4.78, 5) is 19.6. The van der Waals surface area contributed by atoms with Gasteiger partial charge in [0.25, 0.3) is 0 Å². The zero-order valence-electron chi connectivity index (χ0n) is 7.71. The molecule has 0 unspecified atom stereocenters. The molecule has 14 heavy (non-hydrogen) atoms. The minimum atomic E-state index is -2.46. The van der Waals surface area contributed by atoms with E-state index in [9.17, 15) is 19.8 Å². The predicted octanol–water partition coefficient (Wildman–Crippen LogP) is -11.4. The molecule has 0 bridgehead atoms. The summed E-state index contributed by atoms with van der Waals surface area (Å²) >= 11 is 0. The number of hydrogen-bond donors (Lipinski definition) is 3. The Morgan fingerprint density at radius 1 is 0.857 bits per heavy atom. The summed E-state index contributed by atoms with van der Waals surface area (Å²) in [6, 6.07) is 0. The molecule has 2 atom stereocenters. The minimum absolute atomic E-state index is 0. The van der Waals surface area contributed by atoms with Gasteiger partial charge in [-0.25, -0.2) is 0 Å². The molecule has 9 heteroatoms. The smallest absolute Gasteiger partial charge is 0.547 e. The molecule has 0 aliphatic heterocycles. The van der Waals surface area contributed by atoms with E-state index in [0.717, 1.165) is 0 Å². The number of carbonyl (C=O) groups excluding carboxylic acids is 2. The molecule has 0 aliphatic rings. The Morgan fingerprint density at radius 3 is 1.21 bits per heavy atom. The second-order valence-electron chi connectivity index (χ2n) is 2.02. The topological polar surface area (TPSA) is 141 Å². The summed E-state index contributed by atoms with van der Waals surface area (Å²) in [7, 11) is 0. The van der Waals surface area contributed by atoms with E-state index in [2.05, 4.69) is 0 Å². The molecule has 0 saturated heterocycles. The van der Waals surface area contributed by atoms with E-state index in [0.29, 0.717) is 0 Å². The van der Waals surface area contributed by atoms with Gasteiger partial charge in [0.15, 0.2) is 0 Å². The van der Waals surface area contributed by atoms with E-state index >= 15 is 0 Å². The van der Waals surface area contributed by atoms with Gasteiger partial charge in [0.05, 0.1) is 11.9 Å². The van der Waals surface area contributed by atoms with Gasteiger partial charge in [0.1, 0.15) is 18.3 Å². The molecule has 0 rings (SSSR count). The zero-order valence-corrected chi connectivity index (χ0v) is 14.0. The SMILES string of the molecule is O=C([O-])[C@@H](O)C(O)[C@H](O)C(=O)[O-].[K+].[K+]. The van der Waals surface area contributed by atoms with Crippen LogP contribution in [0.4, 0.5) is 0 Å². The maximum atomic E-state index is 9.82. The number of aliphatic hydroxyl groups excluding tert-OH is 3. The largest absolute Gasteiger partial charge is 1.00 e. The molecule has 0 aliphatic carbocycles. The molecule has 0 fully saturated rings. The zero-order chi connectivity index (χ0) is 9.89. The van der Waals surface area contributed by atoms with Crippen LogP contribution in [0.2, 0.25) is 0 Å². The summed E-state index contributed by atoms with van der Waals surface area (Å²) < 4.78 is 0. The number of rotatable bonds is 4. The fourth-order valence-corrected chi connectivity index (χ4v) is 0.452. The van der Waals surface area contributed by atoms with E-state index in [1.165, 1.54) is 0 Å². The van der Waals surface area contributed by atoms with Gasteiger partial charge in [-0.15, -0.1) is 0 Å². The Hall–Kier alpha value is 2.09. The molecule has 7 nitrogen and oxygen atoms in total. The van der Waals surface area contributed by atoms with Gasteiger partial charge in [-0.1, -0.05) is 0 Å². The van der Waals surface area contributed by atoms with Crippen molar-refractivity contribution in [1.29, 1.82) is 0 Å². The molecule has 0 aromatic carbocycles. The van der Waals surface area contributed by atoms with Crippen LogP contribution < -0.4 is 113 Å². The van der Waals surface area contributed by atoms with Gasteiger partial charge in [-0.3, -0.25) is 0 Å². The Kier molecular flexibility index (Phi) is 15.7. The average molecular weight is 256 g/mol. The molecule has 0 heterocycles. The number of aliphatic carboxylic acids is 2. The summed E-state index contributed by atoms with van der Waals surface area (Å²) in [5.41, 5.74) is 0. The first-order chi connectivity index (χ1) is 5.37. The average Bonchev–Trinajstić information content (AvgIpc) is 2.00. The minimum Gasteiger partial charge on any atom is -0.547 e. The van der Waals surface area contributed by atoms with Gasteiger partial charge in [0.2, 0.25) is 0 Å². The Labute approximate surface area is 164 Å². The predicted molar refractivity (Wildman–Crippen MR) is 28.0 cm³/mol. The first kappa shape index (κ1) is 21.4. The van der Waals surface area contributed by atoms with Crippen LogP contribution in [0.15, 0.2) is 0 Å². The van der Waals surface area contributed by atoms with Crippen molar-refractivity contribution in [1.82, 2.24) is 0 Å². The van der Waals surface area contributed by atoms with E-state index in [1.807, 2.05) is 0 Å². The van der Waals surface area contributed by atoms with Crippen molar-refractivity contribution in [3.05, 3.63) is 0 Å². The van der Waals surface area contributed by atoms with Gasteiger partial charge in [-0.2, -0.15) is 0 Å². The van der Waals surface area contributed by atoms with Crippen molar-refractivity contribution < 1.29 is 138 Å². The van der Waals surface area contributed by atoms with Crippen LogP contribution in [0.5, 0.6) is 0 Å². The first-order valence-corrected chi connectivity index (χ1v) is 2.84. The van der Waals surface area contributed by atoms with E-state index in [-0.39, 0.29) is 103 Å². The van der Waals surface area contributed by atoms with Gasteiger partial charge in [0, 0.05) is 0 Å². The van der Waals surface area contributed by atoms with E-state index < -0.39 is 30.3 Å². The van der Waals surface area contributed by atoms with Crippen LogP contribution in [0.25, 0.3) is 0 Å². The summed E-state index contributed by atoms with van der Waals surface area (Å²) in [6.45, 7) is 0. The first-order valence-electron chi connectivity index (χ1n) is 2.84. The third kappa shape index (κ3) is 7.38. The number of aliphatic hydroxyl groups is 3. The molecule has 0 spiro atoms. The van der Waals surface area contributed by atoms with Crippen molar-refractivity contribution in [3.63, 3.8) is 0 Å². The van der Waals surface area contributed by atoms with E-state index in [4.69, 9.17) is 15.3 Å². The number of carbonyl (C=O) groups is 2. The molecule has 3 N–H and O–H groups in total. The summed E-state index contributed by atoms with van der Waals surface area (Å²) in [5.74, 6) is -4.16.